The van der Waals surface area contributed by atoms with Crippen molar-refractivity contribution in [3.8, 4) is 0 Å². The van der Waals surface area contributed by atoms with E-state index in [4.69, 9.17) is 0 Å². The van der Waals surface area contributed by atoms with Crippen LogP contribution in [0.4, 0.5) is 0 Å². The van der Waals surface area contributed by atoms with Crippen molar-refractivity contribution in [3.63, 3.8) is 0 Å². The number of hydrogen-bond donors (Lipinski definition) is 1. The first-order valence-corrected chi connectivity index (χ1v) is 8.13. The molecule has 0 aromatic carbocycles. The Hall–Kier alpha value is -1.36. The molecule has 0 saturated carbocycles. The number of nitrogens with one attached hydrogen (secondary N) is 1. The van der Waals surface area contributed by atoms with Crippen LogP contribution in [0.1, 0.15) is 43.4 Å². The van der Waals surface area contributed by atoms with Gasteiger partial charge in [-0.1, -0.05) is 6.92 Å². The van der Waals surface area contributed by atoms with Gasteiger partial charge in [-0.2, -0.15) is 5.10 Å². The lowest BCUT2D eigenvalue weighted by Crippen LogP contribution is -2.42. The number of rotatable bonds is 3. The quantitative estimate of drug-likeness (QED) is 0.923. The zero-order chi connectivity index (χ0) is 14.8. The van der Waals surface area contributed by atoms with Gasteiger partial charge in [-0.05, 0) is 50.8 Å². The van der Waals surface area contributed by atoms with Crippen molar-refractivity contribution in [1.29, 1.82) is 0 Å². The Morgan fingerprint density at radius 2 is 2.10 bits per heavy atom. The number of amides is 1. The molecule has 2 fully saturated rings. The van der Waals surface area contributed by atoms with Gasteiger partial charge in [0.1, 0.15) is 0 Å². The summed E-state index contributed by atoms with van der Waals surface area (Å²) >= 11 is 0. The van der Waals surface area contributed by atoms with E-state index in [9.17, 15) is 4.79 Å². The maximum atomic E-state index is 12.5. The number of hydrogen-bond acceptors (Lipinski definition) is 3. The predicted molar refractivity (Wildman–Crippen MR) is 82.1 cm³/mol. The summed E-state index contributed by atoms with van der Waals surface area (Å²) < 4.78 is 0. The fraction of sp³-hybridized carbons (Fsp3) is 0.750. The number of likely N-dealkylation sites (tertiary alicyclic amines) is 2. The smallest absolute Gasteiger partial charge is 0.236 e. The van der Waals surface area contributed by atoms with Crippen molar-refractivity contribution < 1.29 is 4.79 Å². The Balaban J connectivity index is 1.51. The highest BCUT2D eigenvalue weighted by molar-refractivity contribution is 5.78. The molecule has 5 nitrogen and oxygen atoms in total. The van der Waals surface area contributed by atoms with Crippen molar-refractivity contribution in [2.24, 2.45) is 5.92 Å². The molecule has 0 bridgehead atoms. The molecule has 2 aliphatic rings. The van der Waals surface area contributed by atoms with Gasteiger partial charge in [0.05, 0.1) is 12.7 Å². The predicted octanol–water partition coefficient (Wildman–Crippen LogP) is 1.77. The minimum atomic E-state index is 0.296. The summed E-state index contributed by atoms with van der Waals surface area (Å²) in [5.74, 6) is 1.54. The van der Waals surface area contributed by atoms with Crippen molar-refractivity contribution in [2.45, 2.75) is 39.0 Å². The van der Waals surface area contributed by atoms with Crippen LogP contribution in [0.25, 0.3) is 0 Å². The fourth-order valence-corrected chi connectivity index (χ4v) is 3.50. The molecule has 3 heterocycles. The number of piperidine rings is 1. The highest BCUT2D eigenvalue weighted by atomic mass is 16.2. The number of aromatic amines is 1. The molecule has 1 aromatic rings. The Kier molecular flexibility index (Phi) is 4.29. The topological polar surface area (TPSA) is 52.2 Å². The zero-order valence-corrected chi connectivity index (χ0v) is 13.1. The minimum absolute atomic E-state index is 0.296. The van der Waals surface area contributed by atoms with E-state index in [0.717, 1.165) is 38.5 Å². The monoisotopic (exact) mass is 290 g/mol. The van der Waals surface area contributed by atoms with Crippen LogP contribution in [0, 0.1) is 12.8 Å². The SMILES string of the molecule is Cc1cn[nH]c1[C@H]1CCN(C(=O)CN2CCC(C)CC2)C1. The van der Waals surface area contributed by atoms with Crippen molar-refractivity contribution in [2.75, 3.05) is 32.7 Å². The number of nitrogens with zero attached hydrogens (tertiary/aromatic N) is 3. The van der Waals surface area contributed by atoms with Gasteiger partial charge in [-0.25, -0.2) is 0 Å². The summed E-state index contributed by atoms with van der Waals surface area (Å²) in [5, 5.41) is 7.19. The van der Waals surface area contributed by atoms with Gasteiger partial charge >= 0.3 is 0 Å². The van der Waals surface area contributed by atoms with Gasteiger partial charge in [-0.3, -0.25) is 14.8 Å². The average Bonchev–Trinajstić information content (AvgIpc) is 3.09. The van der Waals surface area contributed by atoms with E-state index in [1.807, 2.05) is 11.1 Å². The second kappa shape index (κ2) is 6.18. The molecule has 1 N–H and O–H groups in total. The molecule has 21 heavy (non-hydrogen) atoms. The van der Waals surface area contributed by atoms with Crippen LogP contribution in [-0.4, -0.2) is 58.6 Å². The molecule has 0 radical (unpaired) electrons. The molecule has 1 amide bonds. The molecular weight excluding hydrogens is 264 g/mol. The molecule has 0 aliphatic carbocycles. The van der Waals surface area contributed by atoms with Gasteiger partial charge in [-0.15, -0.1) is 0 Å². The Labute approximate surface area is 126 Å². The third-order valence-electron chi connectivity index (χ3n) is 5.05. The largest absolute Gasteiger partial charge is 0.341 e. The molecule has 0 spiro atoms. The molecule has 5 heteroatoms. The van der Waals surface area contributed by atoms with Crippen LogP contribution in [0.2, 0.25) is 0 Å². The van der Waals surface area contributed by atoms with E-state index in [0.29, 0.717) is 18.4 Å². The summed E-state index contributed by atoms with van der Waals surface area (Å²) in [6.07, 6.45) is 5.37. The fourth-order valence-electron chi connectivity index (χ4n) is 3.50. The Bertz CT molecular complexity index is 490. The van der Waals surface area contributed by atoms with Crippen LogP contribution >= 0.6 is 0 Å². The molecule has 116 valence electrons. The first-order chi connectivity index (χ1) is 10.1. The lowest BCUT2D eigenvalue weighted by Gasteiger charge is -2.30. The maximum absolute atomic E-state index is 12.5. The summed E-state index contributed by atoms with van der Waals surface area (Å²) in [6, 6.07) is 0. The normalized spacial score (nSPS) is 24.7. The second-order valence-corrected chi connectivity index (χ2v) is 6.75. The van der Waals surface area contributed by atoms with E-state index in [1.54, 1.807) is 0 Å². The van der Waals surface area contributed by atoms with E-state index in [-0.39, 0.29) is 0 Å². The van der Waals surface area contributed by atoms with Crippen molar-refractivity contribution in [1.82, 2.24) is 20.0 Å². The summed E-state index contributed by atoms with van der Waals surface area (Å²) in [4.78, 5) is 16.8. The van der Waals surface area contributed by atoms with Gasteiger partial charge in [0.2, 0.25) is 5.91 Å². The molecule has 1 atom stereocenters. The van der Waals surface area contributed by atoms with Crippen LogP contribution in [-0.2, 0) is 4.79 Å². The molecular formula is C16H26N4O. The lowest BCUT2D eigenvalue weighted by molar-refractivity contribution is -0.131. The van der Waals surface area contributed by atoms with Crippen LogP contribution in [0.3, 0.4) is 0 Å². The zero-order valence-electron chi connectivity index (χ0n) is 13.1. The van der Waals surface area contributed by atoms with Gasteiger partial charge < -0.3 is 4.90 Å². The number of aromatic nitrogens is 2. The molecule has 2 aliphatic heterocycles. The summed E-state index contributed by atoms with van der Waals surface area (Å²) in [6.45, 7) is 8.85. The van der Waals surface area contributed by atoms with E-state index < -0.39 is 0 Å². The van der Waals surface area contributed by atoms with Crippen molar-refractivity contribution >= 4 is 5.91 Å². The minimum Gasteiger partial charge on any atom is -0.341 e. The first kappa shape index (κ1) is 14.6. The van der Waals surface area contributed by atoms with Gasteiger partial charge in [0, 0.05) is 24.7 Å². The number of carbonyl (C=O) groups is 1. The number of aryl methyl sites for hydroxylation is 1. The third-order valence-corrected chi connectivity index (χ3v) is 5.05. The van der Waals surface area contributed by atoms with Crippen LogP contribution in [0.5, 0.6) is 0 Å². The second-order valence-electron chi connectivity index (χ2n) is 6.75. The van der Waals surface area contributed by atoms with Gasteiger partial charge in [0.15, 0.2) is 0 Å². The van der Waals surface area contributed by atoms with Crippen LogP contribution in [0.15, 0.2) is 6.20 Å². The number of carbonyl (C=O) groups excluding carboxylic acids is 1. The first-order valence-electron chi connectivity index (χ1n) is 8.13. The summed E-state index contributed by atoms with van der Waals surface area (Å²) in [7, 11) is 0. The van der Waals surface area contributed by atoms with Crippen LogP contribution < -0.4 is 0 Å². The molecule has 3 rings (SSSR count). The van der Waals surface area contributed by atoms with Gasteiger partial charge in [0.25, 0.3) is 0 Å². The Morgan fingerprint density at radius 3 is 2.76 bits per heavy atom. The molecule has 0 unspecified atom stereocenters. The van der Waals surface area contributed by atoms with E-state index >= 15 is 0 Å². The summed E-state index contributed by atoms with van der Waals surface area (Å²) in [5.41, 5.74) is 2.41. The van der Waals surface area contributed by atoms with Crippen molar-refractivity contribution in [3.05, 3.63) is 17.5 Å². The maximum Gasteiger partial charge on any atom is 0.236 e. The Morgan fingerprint density at radius 1 is 1.33 bits per heavy atom. The standard InChI is InChI=1S/C16H26N4O/c1-12-3-6-19(7-4-12)11-15(21)20-8-5-14(10-20)16-13(2)9-17-18-16/h9,12,14H,3-8,10-11H2,1-2H3,(H,17,18)/t14-/m0/s1. The number of H-pyrrole nitrogens is 1. The highest BCUT2D eigenvalue weighted by Gasteiger charge is 2.30. The van der Waals surface area contributed by atoms with E-state index in [2.05, 4.69) is 28.9 Å². The lowest BCUT2D eigenvalue weighted by atomic mass is 9.99. The van der Waals surface area contributed by atoms with E-state index in [1.165, 1.54) is 24.1 Å². The average molecular weight is 290 g/mol. The third kappa shape index (κ3) is 3.28. The molecule has 2 saturated heterocycles. The molecule has 1 aromatic heterocycles. The highest BCUT2D eigenvalue weighted by Crippen LogP contribution is 2.28.